The Bertz CT molecular complexity index is 671. The van der Waals surface area contributed by atoms with E-state index in [-0.39, 0.29) is 24.1 Å². The number of carbonyl (C=O) groups excluding carboxylic acids is 1. The molecule has 0 saturated heterocycles. The summed E-state index contributed by atoms with van der Waals surface area (Å²) >= 11 is 0. The molecule has 0 spiro atoms. The first-order valence-corrected chi connectivity index (χ1v) is 7.51. The van der Waals surface area contributed by atoms with E-state index in [4.69, 9.17) is 5.73 Å². The van der Waals surface area contributed by atoms with Crippen LogP contribution in [0.3, 0.4) is 0 Å². The SMILES string of the molecule is Cl.Nc1ccccc1C(=O)N(Cc1ccc(F)cc1)CC1CC1. The molecule has 122 valence electrons. The highest BCUT2D eigenvalue weighted by molar-refractivity contribution is 5.99. The Labute approximate surface area is 141 Å². The molecular formula is C18H20ClFN2O. The smallest absolute Gasteiger partial charge is 0.256 e. The Balaban J connectivity index is 0.00000192. The lowest BCUT2D eigenvalue weighted by Gasteiger charge is -2.23. The fourth-order valence-electron chi connectivity index (χ4n) is 2.50. The molecule has 23 heavy (non-hydrogen) atoms. The molecule has 2 N–H and O–H groups in total. The van der Waals surface area contributed by atoms with Gasteiger partial charge in [-0.2, -0.15) is 0 Å². The third-order valence-corrected chi connectivity index (χ3v) is 3.94. The number of nitrogens with zero attached hydrogens (tertiary/aromatic N) is 1. The van der Waals surface area contributed by atoms with Crippen LogP contribution in [0.1, 0.15) is 28.8 Å². The largest absolute Gasteiger partial charge is 0.398 e. The summed E-state index contributed by atoms with van der Waals surface area (Å²) in [5.41, 5.74) is 7.87. The number of carbonyl (C=O) groups is 1. The highest BCUT2D eigenvalue weighted by atomic mass is 35.5. The van der Waals surface area contributed by atoms with Gasteiger partial charge in [-0.15, -0.1) is 12.4 Å². The fraction of sp³-hybridized carbons (Fsp3) is 0.278. The number of rotatable bonds is 5. The van der Waals surface area contributed by atoms with Crippen LogP contribution < -0.4 is 5.73 Å². The number of hydrogen-bond acceptors (Lipinski definition) is 2. The first-order chi connectivity index (χ1) is 10.6. The standard InChI is InChI=1S/C18H19FN2O.ClH/c19-15-9-7-14(8-10-15)12-21(11-13-5-6-13)18(22)16-3-1-2-4-17(16)20;/h1-4,7-10,13H,5-6,11-12,20H2;1H. The van der Waals surface area contributed by atoms with Crippen LogP contribution in [0.25, 0.3) is 0 Å². The van der Waals surface area contributed by atoms with Crippen LogP contribution in [0.4, 0.5) is 10.1 Å². The van der Waals surface area contributed by atoms with Crippen LogP contribution >= 0.6 is 12.4 Å². The molecule has 3 rings (SSSR count). The van der Waals surface area contributed by atoms with Crippen molar-refractivity contribution in [3.8, 4) is 0 Å². The van der Waals surface area contributed by atoms with Crippen molar-refractivity contribution in [1.29, 1.82) is 0 Å². The van der Waals surface area contributed by atoms with Gasteiger partial charge in [-0.1, -0.05) is 24.3 Å². The number of nitrogens with two attached hydrogens (primary N) is 1. The maximum atomic E-state index is 13.0. The molecule has 0 bridgehead atoms. The molecule has 1 aliphatic rings. The molecule has 0 unspecified atom stereocenters. The summed E-state index contributed by atoms with van der Waals surface area (Å²) in [6, 6.07) is 13.4. The van der Waals surface area contributed by atoms with Crippen molar-refractivity contribution in [1.82, 2.24) is 4.90 Å². The average Bonchev–Trinajstić information content (AvgIpc) is 3.33. The predicted octanol–water partition coefficient (Wildman–Crippen LogP) is 3.88. The van der Waals surface area contributed by atoms with Crippen molar-refractivity contribution < 1.29 is 9.18 Å². The Kier molecular flexibility index (Phi) is 5.61. The summed E-state index contributed by atoms with van der Waals surface area (Å²) in [6.07, 6.45) is 2.33. The van der Waals surface area contributed by atoms with Gasteiger partial charge in [0.2, 0.25) is 0 Å². The zero-order valence-corrected chi connectivity index (χ0v) is 13.6. The van der Waals surface area contributed by atoms with E-state index in [1.54, 1.807) is 24.3 Å². The fourth-order valence-corrected chi connectivity index (χ4v) is 2.50. The molecule has 1 fully saturated rings. The lowest BCUT2D eigenvalue weighted by atomic mass is 10.1. The molecular weight excluding hydrogens is 315 g/mol. The Morgan fingerprint density at radius 1 is 1.13 bits per heavy atom. The van der Waals surface area contributed by atoms with Gasteiger partial charge < -0.3 is 10.6 Å². The van der Waals surface area contributed by atoms with E-state index < -0.39 is 0 Å². The number of nitrogen functional groups attached to an aromatic ring is 1. The highest BCUT2D eigenvalue weighted by Crippen LogP contribution is 2.31. The van der Waals surface area contributed by atoms with Gasteiger partial charge in [-0.25, -0.2) is 4.39 Å². The van der Waals surface area contributed by atoms with E-state index in [1.807, 2.05) is 17.0 Å². The number of halogens is 2. The Morgan fingerprint density at radius 2 is 1.78 bits per heavy atom. The average molecular weight is 335 g/mol. The summed E-state index contributed by atoms with van der Waals surface area (Å²) in [6.45, 7) is 1.20. The molecule has 3 nitrogen and oxygen atoms in total. The molecule has 0 heterocycles. The first-order valence-electron chi connectivity index (χ1n) is 7.51. The summed E-state index contributed by atoms with van der Waals surface area (Å²) in [4.78, 5) is 14.6. The normalized spacial score (nSPS) is 13.3. The van der Waals surface area contributed by atoms with E-state index in [0.29, 0.717) is 23.7 Å². The van der Waals surface area contributed by atoms with E-state index in [9.17, 15) is 9.18 Å². The molecule has 2 aromatic carbocycles. The number of hydrogen-bond donors (Lipinski definition) is 1. The van der Waals surface area contributed by atoms with Gasteiger partial charge in [0.15, 0.2) is 0 Å². The second-order valence-corrected chi connectivity index (χ2v) is 5.84. The van der Waals surface area contributed by atoms with Crippen molar-refractivity contribution in [2.75, 3.05) is 12.3 Å². The zero-order chi connectivity index (χ0) is 15.5. The van der Waals surface area contributed by atoms with Gasteiger partial charge in [0, 0.05) is 18.8 Å². The van der Waals surface area contributed by atoms with E-state index in [1.165, 1.54) is 12.1 Å². The predicted molar refractivity (Wildman–Crippen MR) is 92.0 cm³/mol. The van der Waals surface area contributed by atoms with Gasteiger partial charge in [0.05, 0.1) is 5.56 Å². The van der Waals surface area contributed by atoms with Crippen LogP contribution in [-0.4, -0.2) is 17.4 Å². The highest BCUT2D eigenvalue weighted by Gasteiger charge is 2.28. The molecule has 0 atom stereocenters. The van der Waals surface area contributed by atoms with Crippen molar-refractivity contribution in [2.45, 2.75) is 19.4 Å². The third-order valence-electron chi connectivity index (χ3n) is 3.94. The summed E-state index contributed by atoms with van der Waals surface area (Å²) < 4.78 is 13.0. The van der Waals surface area contributed by atoms with Crippen LogP contribution in [0.15, 0.2) is 48.5 Å². The van der Waals surface area contributed by atoms with Gasteiger partial charge in [-0.3, -0.25) is 4.79 Å². The molecule has 0 aliphatic heterocycles. The minimum atomic E-state index is -0.267. The summed E-state index contributed by atoms with van der Waals surface area (Å²) in [5.74, 6) is 0.250. The van der Waals surface area contributed by atoms with Crippen molar-refractivity contribution in [3.63, 3.8) is 0 Å². The number of anilines is 1. The topological polar surface area (TPSA) is 46.3 Å². The monoisotopic (exact) mass is 334 g/mol. The van der Waals surface area contributed by atoms with Gasteiger partial charge in [0.1, 0.15) is 5.82 Å². The lowest BCUT2D eigenvalue weighted by Crippen LogP contribution is -2.33. The van der Waals surface area contributed by atoms with E-state index in [2.05, 4.69) is 0 Å². The summed E-state index contributed by atoms with van der Waals surface area (Å²) in [7, 11) is 0. The van der Waals surface area contributed by atoms with Gasteiger partial charge >= 0.3 is 0 Å². The number of amides is 1. The molecule has 0 aromatic heterocycles. The van der Waals surface area contributed by atoms with Crippen LogP contribution in [-0.2, 0) is 6.54 Å². The quantitative estimate of drug-likeness (QED) is 0.843. The van der Waals surface area contributed by atoms with Crippen molar-refractivity contribution in [2.24, 2.45) is 5.92 Å². The van der Waals surface area contributed by atoms with E-state index >= 15 is 0 Å². The second kappa shape index (κ2) is 7.47. The minimum Gasteiger partial charge on any atom is -0.398 e. The number of benzene rings is 2. The van der Waals surface area contributed by atoms with Gasteiger partial charge in [0.25, 0.3) is 5.91 Å². The van der Waals surface area contributed by atoms with Crippen LogP contribution in [0, 0.1) is 11.7 Å². The molecule has 5 heteroatoms. The molecule has 1 amide bonds. The molecule has 2 aromatic rings. The van der Waals surface area contributed by atoms with Crippen LogP contribution in [0.2, 0.25) is 0 Å². The second-order valence-electron chi connectivity index (χ2n) is 5.84. The summed E-state index contributed by atoms with van der Waals surface area (Å²) in [5, 5.41) is 0. The minimum absolute atomic E-state index is 0. The lowest BCUT2D eigenvalue weighted by molar-refractivity contribution is 0.0736. The zero-order valence-electron chi connectivity index (χ0n) is 12.7. The molecule has 1 saturated carbocycles. The molecule has 1 aliphatic carbocycles. The third kappa shape index (κ3) is 4.45. The van der Waals surface area contributed by atoms with E-state index in [0.717, 1.165) is 24.9 Å². The van der Waals surface area contributed by atoms with Gasteiger partial charge in [-0.05, 0) is 48.6 Å². The van der Waals surface area contributed by atoms with Crippen molar-refractivity contribution >= 4 is 24.0 Å². The maximum absolute atomic E-state index is 13.0. The maximum Gasteiger partial charge on any atom is 0.256 e. The Morgan fingerprint density at radius 3 is 2.39 bits per heavy atom. The number of para-hydroxylation sites is 1. The molecule has 0 radical (unpaired) electrons. The Hall–Kier alpha value is -2.07. The van der Waals surface area contributed by atoms with Crippen molar-refractivity contribution in [3.05, 3.63) is 65.5 Å². The van der Waals surface area contributed by atoms with Crippen LogP contribution in [0.5, 0.6) is 0 Å². The first kappa shape index (κ1) is 17.3.